The van der Waals surface area contributed by atoms with E-state index in [9.17, 15) is 0 Å². The molecule has 12 aromatic rings. The fraction of sp³-hybridized carbons (Fsp3) is 0.0323. The van der Waals surface area contributed by atoms with Crippen LogP contribution in [0.2, 0.25) is 0 Å². The van der Waals surface area contributed by atoms with Gasteiger partial charge < -0.3 is 13.7 Å². The second-order valence-electron chi connectivity index (χ2n) is 17.3. The summed E-state index contributed by atoms with van der Waals surface area (Å²) in [7, 11) is 0. The van der Waals surface area contributed by atoms with Gasteiger partial charge in [0.25, 0.3) is 0 Å². The first kappa shape index (κ1) is 37.2. The average molecular weight is 832 g/mol. The van der Waals surface area contributed by atoms with E-state index < -0.39 is 5.41 Å². The van der Waals surface area contributed by atoms with Crippen molar-refractivity contribution in [2.75, 3.05) is 4.90 Å². The van der Waals surface area contributed by atoms with Gasteiger partial charge in [-0.05, 0) is 106 Å². The molecule has 0 atom stereocenters. The Morgan fingerprint density at radius 2 is 0.831 bits per heavy atom. The van der Waals surface area contributed by atoms with Crippen LogP contribution in [0.3, 0.4) is 0 Å². The van der Waals surface area contributed by atoms with Crippen LogP contribution in [0.4, 0.5) is 17.1 Å². The number of aryl methyl sites for hydroxylation is 1. The van der Waals surface area contributed by atoms with E-state index in [4.69, 9.17) is 8.83 Å². The lowest BCUT2D eigenvalue weighted by atomic mass is 9.67. The monoisotopic (exact) mass is 831 g/mol. The molecule has 1 aliphatic rings. The summed E-state index contributed by atoms with van der Waals surface area (Å²) in [4.78, 5) is 2.39. The predicted octanol–water partition coefficient (Wildman–Crippen LogP) is 17.0. The van der Waals surface area contributed by atoms with Crippen LogP contribution in [-0.4, -0.2) is 0 Å². The number of furan rings is 2. The van der Waals surface area contributed by atoms with Crippen molar-refractivity contribution in [2.24, 2.45) is 0 Å². The largest absolute Gasteiger partial charge is 0.455 e. The molecule has 0 saturated carbocycles. The van der Waals surface area contributed by atoms with E-state index in [0.717, 1.165) is 83.2 Å². The Kier molecular flexibility index (Phi) is 8.34. The van der Waals surface area contributed by atoms with Gasteiger partial charge in [0.1, 0.15) is 22.3 Å². The number of hydrogen-bond acceptors (Lipinski definition) is 3. The molecule has 0 unspecified atom stereocenters. The first-order valence-corrected chi connectivity index (χ1v) is 22.3. The summed E-state index contributed by atoms with van der Waals surface area (Å²) in [5.74, 6) is 0. The number of anilines is 3. The van der Waals surface area contributed by atoms with Gasteiger partial charge in [-0.2, -0.15) is 0 Å². The molecule has 2 aromatic heterocycles. The molecule has 0 radical (unpaired) electrons. The van der Waals surface area contributed by atoms with Crippen LogP contribution in [-0.2, 0) is 5.41 Å². The van der Waals surface area contributed by atoms with Crippen molar-refractivity contribution in [2.45, 2.75) is 12.3 Å². The standard InChI is InChI=1S/C62H41NO2/c1-40-26-36-53-55-23-13-21-49(61(55)65-59(53)38-40)42-29-33-46(34-30-42)63(45-31-27-41(28-32-45)48-20-12-22-54-52-19-9-11-25-58(52)64-60(48)54)47-35-37-51-50-18-8-10-24-56(50)62(57(51)39-47,43-14-4-2-5-15-43)44-16-6-3-7-17-44/h2-39H,1H3. The molecule has 0 bridgehead atoms. The third kappa shape index (κ3) is 5.69. The number of fused-ring (bicyclic) bond motifs is 9. The van der Waals surface area contributed by atoms with E-state index in [1.54, 1.807) is 0 Å². The summed E-state index contributed by atoms with van der Waals surface area (Å²) in [6, 6.07) is 83.5. The number of benzene rings is 10. The highest BCUT2D eigenvalue weighted by molar-refractivity contribution is 6.11. The quantitative estimate of drug-likeness (QED) is 0.160. The SMILES string of the molecule is Cc1ccc2c(c1)oc1c(-c3ccc(N(c4ccc(-c5cccc6c5oc5ccccc56)cc4)c4ccc5c(c4)C(c4ccccc4)(c4ccccc4)c4ccccc4-5)cc3)cccc12. The number of rotatable bonds is 7. The van der Waals surface area contributed by atoms with Gasteiger partial charge in [0.05, 0.1) is 5.41 Å². The molecule has 0 aliphatic heterocycles. The fourth-order valence-electron chi connectivity index (χ4n) is 10.7. The normalized spacial score (nSPS) is 12.8. The summed E-state index contributed by atoms with van der Waals surface area (Å²) in [6.45, 7) is 2.11. The van der Waals surface area contributed by atoms with Crippen molar-refractivity contribution >= 4 is 60.9 Å². The van der Waals surface area contributed by atoms with Crippen molar-refractivity contribution in [3.05, 3.63) is 258 Å². The maximum absolute atomic E-state index is 6.57. The predicted molar refractivity (Wildman–Crippen MR) is 269 cm³/mol. The zero-order valence-electron chi connectivity index (χ0n) is 35.7. The van der Waals surface area contributed by atoms with E-state index >= 15 is 0 Å². The number of para-hydroxylation sites is 3. The molecule has 0 saturated heterocycles. The highest BCUT2D eigenvalue weighted by Gasteiger charge is 2.46. The second kappa shape index (κ2) is 14.6. The first-order valence-electron chi connectivity index (χ1n) is 22.3. The molecule has 0 spiro atoms. The Morgan fingerprint density at radius 1 is 0.338 bits per heavy atom. The van der Waals surface area contributed by atoms with E-state index in [2.05, 4.69) is 230 Å². The number of nitrogens with zero attached hydrogens (tertiary/aromatic N) is 1. The van der Waals surface area contributed by atoms with Gasteiger partial charge in [0, 0.05) is 49.7 Å². The van der Waals surface area contributed by atoms with Crippen molar-refractivity contribution in [1.29, 1.82) is 0 Å². The fourth-order valence-corrected chi connectivity index (χ4v) is 10.7. The van der Waals surface area contributed by atoms with E-state index in [-0.39, 0.29) is 0 Å². The lowest BCUT2D eigenvalue weighted by molar-refractivity contribution is 0.669. The maximum Gasteiger partial charge on any atom is 0.143 e. The minimum atomic E-state index is -0.529. The van der Waals surface area contributed by atoms with E-state index in [1.165, 1.54) is 38.9 Å². The molecule has 2 heterocycles. The average Bonchev–Trinajstić information content (AvgIpc) is 4.03. The van der Waals surface area contributed by atoms with Crippen LogP contribution in [0.15, 0.2) is 239 Å². The minimum absolute atomic E-state index is 0.529. The van der Waals surface area contributed by atoms with Gasteiger partial charge in [0.15, 0.2) is 0 Å². The maximum atomic E-state index is 6.57. The van der Waals surface area contributed by atoms with E-state index in [1.807, 2.05) is 12.1 Å². The van der Waals surface area contributed by atoms with E-state index in [0.29, 0.717) is 0 Å². The van der Waals surface area contributed by atoms with Crippen LogP contribution >= 0.6 is 0 Å². The highest BCUT2D eigenvalue weighted by Crippen LogP contribution is 2.57. The Labute approximate surface area is 377 Å². The van der Waals surface area contributed by atoms with Gasteiger partial charge in [-0.3, -0.25) is 0 Å². The molecule has 306 valence electrons. The van der Waals surface area contributed by atoms with Crippen molar-refractivity contribution in [3.63, 3.8) is 0 Å². The Hall–Kier alpha value is -8.40. The zero-order chi connectivity index (χ0) is 43.1. The van der Waals surface area contributed by atoms with Crippen LogP contribution in [0.25, 0.3) is 77.3 Å². The minimum Gasteiger partial charge on any atom is -0.455 e. The molecule has 3 heteroatoms. The topological polar surface area (TPSA) is 29.5 Å². The van der Waals surface area contributed by atoms with Crippen LogP contribution < -0.4 is 4.90 Å². The van der Waals surface area contributed by atoms with Gasteiger partial charge in [-0.1, -0.05) is 182 Å². The van der Waals surface area contributed by atoms with Crippen molar-refractivity contribution < 1.29 is 8.83 Å². The summed E-state index contributed by atoms with van der Waals surface area (Å²) < 4.78 is 13.1. The summed E-state index contributed by atoms with van der Waals surface area (Å²) in [6.07, 6.45) is 0. The molecular weight excluding hydrogens is 791 g/mol. The Morgan fingerprint density at radius 3 is 1.48 bits per heavy atom. The van der Waals surface area contributed by atoms with Crippen molar-refractivity contribution in [1.82, 2.24) is 0 Å². The molecule has 65 heavy (non-hydrogen) atoms. The van der Waals surface area contributed by atoms with Gasteiger partial charge in [0.2, 0.25) is 0 Å². The van der Waals surface area contributed by atoms with Crippen molar-refractivity contribution in [3.8, 4) is 33.4 Å². The lowest BCUT2D eigenvalue weighted by Gasteiger charge is -2.35. The summed E-state index contributed by atoms with van der Waals surface area (Å²) in [5, 5.41) is 4.51. The molecule has 3 nitrogen and oxygen atoms in total. The molecule has 13 rings (SSSR count). The third-order valence-corrected chi connectivity index (χ3v) is 13.6. The molecule has 0 N–H and O–H groups in total. The molecule has 1 aliphatic carbocycles. The van der Waals surface area contributed by atoms with Gasteiger partial charge in [-0.15, -0.1) is 0 Å². The summed E-state index contributed by atoms with van der Waals surface area (Å²) >= 11 is 0. The zero-order valence-corrected chi connectivity index (χ0v) is 35.7. The van der Waals surface area contributed by atoms with Gasteiger partial charge in [-0.25, -0.2) is 0 Å². The van der Waals surface area contributed by atoms with Gasteiger partial charge >= 0.3 is 0 Å². The molecular formula is C62H41NO2. The molecule has 10 aromatic carbocycles. The molecule has 0 fully saturated rings. The Balaban J connectivity index is 0.992. The Bertz CT molecular complexity index is 3730. The second-order valence-corrected chi connectivity index (χ2v) is 17.3. The smallest absolute Gasteiger partial charge is 0.143 e. The van der Waals surface area contributed by atoms with Crippen LogP contribution in [0.1, 0.15) is 27.8 Å². The molecule has 0 amide bonds. The number of hydrogen-bond donors (Lipinski definition) is 0. The third-order valence-electron chi connectivity index (χ3n) is 13.6. The van der Waals surface area contributed by atoms with Crippen LogP contribution in [0.5, 0.6) is 0 Å². The summed E-state index contributed by atoms with van der Waals surface area (Å²) in [5.41, 5.74) is 19.3. The first-order chi connectivity index (χ1) is 32.1. The highest BCUT2D eigenvalue weighted by atomic mass is 16.3. The van der Waals surface area contributed by atoms with Crippen LogP contribution in [0, 0.1) is 6.92 Å². The lowest BCUT2D eigenvalue weighted by Crippen LogP contribution is -2.28.